The third-order valence-electron chi connectivity index (χ3n) is 9.15. The fourth-order valence-electron chi connectivity index (χ4n) is 7.12. The van der Waals surface area contributed by atoms with Gasteiger partial charge in [0.15, 0.2) is 5.78 Å². The minimum atomic E-state index is -0.888. The van der Waals surface area contributed by atoms with Crippen LogP contribution in [0.15, 0.2) is 127 Å². The minimum Gasteiger partial charge on any atom is -0.387 e. The molecule has 4 aromatic carbocycles. The molecule has 3 atom stereocenters. The van der Waals surface area contributed by atoms with Crippen molar-refractivity contribution in [2.24, 2.45) is 5.92 Å². The minimum absolute atomic E-state index is 0.00930. The van der Waals surface area contributed by atoms with Crippen molar-refractivity contribution in [2.45, 2.75) is 24.9 Å². The summed E-state index contributed by atoms with van der Waals surface area (Å²) in [5, 5.41) is 11.7. The molecule has 2 heterocycles. The Hall–Kier alpha value is -4.54. The van der Waals surface area contributed by atoms with Crippen molar-refractivity contribution in [3.05, 3.63) is 149 Å². The van der Waals surface area contributed by atoms with Crippen LogP contribution in [0.5, 0.6) is 0 Å². The summed E-state index contributed by atoms with van der Waals surface area (Å²) in [7, 11) is 4.10. The maximum atomic E-state index is 14.1. The second-order valence-corrected chi connectivity index (χ2v) is 11.5. The van der Waals surface area contributed by atoms with E-state index >= 15 is 0 Å². The highest BCUT2D eigenvalue weighted by atomic mass is 16.3. The molecule has 0 spiro atoms. The van der Waals surface area contributed by atoms with Crippen LogP contribution < -0.4 is 4.90 Å². The Kier molecular flexibility index (Phi) is 5.91. The molecule has 2 aliphatic heterocycles. The highest BCUT2D eigenvalue weighted by Gasteiger charge is 2.51. The summed E-state index contributed by atoms with van der Waals surface area (Å²) in [4.78, 5) is 16.3. The number of carbonyl (C=O) groups is 1. The lowest BCUT2D eigenvalue weighted by Crippen LogP contribution is -2.46. The topological polar surface area (TPSA) is 43.5 Å². The molecule has 1 N–H and O–H groups in total. The van der Waals surface area contributed by atoms with Crippen molar-refractivity contribution in [1.82, 2.24) is 0 Å². The zero-order chi connectivity index (χ0) is 28.3. The van der Waals surface area contributed by atoms with Gasteiger partial charge >= 0.3 is 0 Å². The van der Waals surface area contributed by atoms with Crippen LogP contribution >= 0.6 is 0 Å². The summed E-state index contributed by atoms with van der Waals surface area (Å²) >= 11 is 0. The molecule has 4 nitrogen and oxygen atoms in total. The molecule has 0 aromatic heterocycles. The lowest BCUT2D eigenvalue weighted by Gasteiger charge is -2.36. The van der Waals surface area contributed by atoms with Gasteiger partial charge in [0.2, 0.25) is 11.4 Å². The van der Waals surface area contributed by atoms with Gasteiger partial charge in [-0.25, -0.2) is 0 Å². The molecule has 0 saturated heterocycles. The Morgan fingerprint density at radius 2 is 1.51 bits per heavy atom. The molecule has 1 fully saturated rings. The maximum absolute atomic E-state index is 14.1. The molecule has 3 aliphatic rings. The third-order valence-corrected chi connectivity index (χ3v) is 9.15. The van der Waals surface area contributed by atoms with Gasteiger partial charge in [-0.05, 0) is 48.7 Å². The number of hydrogen-bond acceptors (Lipinski definition) is 3. The van der Waals surface area contributed by atoms with Crippen molar-refractivity contribution < 1.29 is 14.5 Å². The predicted octanol–water partition coefficient (Wildman–Crippen LogP) is 6.31. The molecule has 202 valence electrons. The fraction of sp³-hybridized carbons (Fsp3) is 0.189. The quantitative estimate of drug-likeness (QED) is 0.245. The van der Waals surface area contributed by atoms with Gasteiger partial charge in [0, 0.05) is 41.1 Å². The number of rotatable bonds is 4. The average Bonchev–Trinajstić information content (AvgIpc) is 3.40. The van der Waals surface area contributed by atoms with Crippen LogP contribution in [0.1, 0.15) is 29.2 Å². The predicted molar refractivity (Wildman–Crippen MR) is 165 cm³/mol. The largest absolute Gasteiger partial charge is 0.387 e. The van der Waals surface area contributed by atoms with E-state index < -0.39 is 12.0 Å². The van der Waals surface area contributed by atoms with Gasteiger partial charge in [-0.1, -0.05) is 84.9 Å². The van der Waals surface area contributed by atoms with Crippen LogP contribution in [-0.4, -0.2) is 41.4 Å². The Morgan fingerprint density at radius 1 is 0.878 bits per heavy atom. The van der Waals surface area contributed by atoms with Gasteiger partial charge in [0.25, 0.3) is 0 Å². The van der Waals surface area contributed by atoms with Gasteiger partial charge in [-0.15, -0.1) is 0 Å². The molecule has 1 aliphatic carbocycles. The molecule has 3 unspecified atom stereocenters. The standard InChI is InChI=1S/C37H33N2O2/c1-37(23-24-14-6-4-7-15-24)28-19-11-13-21-30(28)38(2)31(37)22-27-35(40)33(36(27)41)32-26-18-10-12-20-29(26)39(3)34(32)25-16-8-5-9-17-25/h4-22,27,35,40H,23H2,1-3H3/q+1. The van der Waals surface area contributed by atoms with Gasteiger partial charge in [0.05, 0.1) is 23.2 Å². The van der Waals surface area contributed by atoms with E-state index in [-0.39, 0.29) is 11.2 Å². The first-order valence-corrected chi connectivity index (χ1v) is 14.2. The number of hydrogen-bond donors (Lipinski definition) is 1. The number of Topliss-reactive ketones (excluding diaryl/α,β-unsaturated/α-hetero) is 1. The fourth-order valence-corrected chi connectivity index (χ4v) is 7.12. The second-order valence-electron chi connectivity index (χ2n) is 11.5. The summed E-state index contributed by atoms with van der Waals surface area (Å²) in [6, 6.07) is 37.2. The number of nitrogens with zero attached hydrogens (tertiary/aromatic N) is 2. The highest BCUT2D eigenvalue weighted by Crippen LogP contribution is 2.51. The van der Waals surface area contributed by atoms with Crippen molar-refractivity contribution >= 4 is 28.4 Å². The number of para-hydroxylation sites is 2. The van der Waals surface area contributed by atoms with Crippen LogP contribution in [-0.2, 0) is 16.6 Å². The van der Waals surface area contributed by atoms with E-state index in [1.807, 2.05) is 55.6 Å². The first-order chi connectivity index (χ1) is 19.9. The van der Waals surface area contributed by atoms with E-state index in [2.05, 4.69) is 90.2 Å². The normalized spacial score (nSPS) is 25.9. The molecular weight excluding hydrogens is 504 g/mol. The molecule has 0 bridgehead atoms. The zero-order valence-electron chi connectivity index (χ0n) is 23.6. The van der Waals surface area contributed by atoms with Crippen LogP contribution in [0, 0.1) is 5.92 Å². The summed E-state index contributed by atoms with van der Waals surface area (Å²) in [6.45, 7) is 2.26. The van der Waals surface area contributed by atoms with Gasteiger partial charge in [-0.3, -0.25) is 4.79 Å². The number of anilines is 1. The van der Waals surface area contributed by atoms with Crippen molar-refractivity contribution in [3.8, 4) is 0 Å². The number of allylic oxidation sites excluding steroid dienone is 2. The SMILES string of the molecule is CN1C(=CC2C(=O)C(=C3C(c4ccccc4)=[N+](C)c4ccccc43)C2O)C(C)(Cc2ccccc2)c2ccccc21. The molecule has 4 aromatic rings. The summed E-state index contributed by atoms with van der Waals surface area (Å²) in [5.41, 5.74) is 9.70. The molecule has 7 rings (SSSR count). The first kappa shape index (κ1) is 25.4. The van der Waals surface area contributed by atoms with Crippen LogP contribution in [0.4, 0.5) is 11.4 Å². The van der Waals surface area contributed by atoms with E-state index in [1.165, 1.54) is 11.1 Å². The van der Waals surface area contributed by atoms with E-state index in [9.17, 15) is 9.90 Å². The summed E-state index contributed by atoms with van der Waals surface area (Å²) < 4.78 is 2.14. The lowest BCUT2D eigenvalue weighted by atomic mass is 9.68. The molecule has 4 heteroatoms. The van der Waals surface area contributed by atoms with E-state index in [0.29, 0.717) is 5.57 Å². The molecular formula is C37H33N2O2+. The molecule has 0 amide bonds. The number of ketones is 1. The van der Waals surface area contributed by atoms with E-state index in [0.717, 1.165) is 45.9 Å². The molecule has 0 radical (unpaired) electrons. The van der Waals surface area contributed by atoms with Crippen LogP contribution in [0.3, 0.4) is 0 Å². The van der Waals surface area contributed by atoms with Crippen molar-refractivity contribution in [1.29, 1.82) is 0 Å². The van der Waals surface area contributed by atoms with E-state index in [4.69, 9.17) is 0 Å². The van der Waals surface area contributed by atoms with Crippen molar-refractivity contribution in [2.75, 3.05) is 19.0 Å². The Labute approximate surface area is 241 Å². The highest BCUT2D eigenvalue weighted by molar-refractivity contribution is 6.37. The second kappa shape index (κ2) is 9.53. The monoisotopic (exact) mass is 537 g/mol. The zero-order valence-corrected chi connectivity index (χ0v) is 23.6. The summed E-state index contributed by atoms with van der Waals surface area (Å²) in [5.74, 6) is -0.612. The maximum Gasteiger partial charge on any atom is 0.221 e. The van der Waals surface area contributed by atoms with Crippen LogP contribution in [0.2, 0.25) is 0 Å². The lowest BCUT2D eigenvalue weighted by molar-refractivity contribution is -0.400. The van der Waals surface area contributed by atoms with Gasteiger partial charge in [-0.2, -0.15) is 4.58 Å². The Bertz CT molecular complexity index is 1780. The van der Waals surface area contributed by atoms with Crippen LogP contribution in [0.25, 0.3) is 5.57 Å². The molecule has 41 heavy (non-hydrogen) atoms. The first-order valence-electron chi connectivity index (χ1n) is 14.2. The van der Waals surface area contributed by atoms with Gasteiger partial charge < -0.3 is 10.0 Å². The number of aliphatic hydroxyl groups excluding tert-OH is 1. The number of likely N-dealkylation sites (N-methyl/N-ethyl adjacent to an activating group) is 1. The Morgan fingerprint density at radius 3 is 2.24 bits per heavy atom. The number of fused-ring (bicyclic) bond motifs is 2. The Balaban J connectivity index is 1.33. The number of benzene rings is 4. The van der Waals surface area contributed by atoms with Gasteiger partial charge in [0.1, 0.15) is 7.05 Å². The average molecular weight is 538 g/mol. The van der Waals surface area contributed by atoms with Crippen molar-refractivity contribution in [3.63, 3.8) is 0 Å². The smallest absolute Gasteiger partial charge is 0.221 e. The number of aliphatic hydroxyl groups is 1. The van der Waals surface area contributed by atoms with E-state index in [1.54, 1.807) is 0 Å². The number of carbonyl (C=O) groups excluding carboxylic acids is 1. The third kappa shape index (κ3) is 3.78. The summed E-state index contributed by atoms with van der Waals surface area (Å²) in [6.07, 6.45) is 1.95. The molecule has 1 saturated carbocycles.